The fourth-order valence-corrected chi connectivity index (χ4v) is 3.38. The molecule has 0 amide bonds. The fraction of sp³-hybridized carbons (Fsp3) is 0. The highest BCUT2D eigenvalue weighted by molar-refractivity contribution is 6.29. The third kappa shape index (κ3) is 2.69. The Labute approximate surface area is 162 Å². The molecule has 0 atom stereocenters. The Kier molecular flexibility index (Phi) is 3.63. The highest BCUT2D eigenvalue weighted by Crippen LogP contribution is 2.35. The number of nitro benzene ring substituents is 1. The second-order valence-electron chi connectivity index (χ2n) is 6.25. The summed E-state index contributed by atoms with van der Waals surface area (Å²) in [5, 5.41) is 17.0. The summed E-state index contributed by atoms with van der Waals surface area (Å²) in [7, 11) is 0. The lowest BCUT2D eigenvalue weighted by atomic mass is 10.1. The normalized spacial score (nSPS) is 11.3. The number of hydrogen-bond acceptors (Lipinski definition) is 6. The van der Waals surface area contributed by atoms with Gasteiger partial charge in [0.05, 0.1) is 10.3 Å². The Morgan fingerprint density at radius 3 is 2.64 bits per heavy atom. The van der Waals surface area contributed by atoms with E-state index in [-0.39, 0.29) is 11.0 Å². The highest BCUT2D eigenvalue weighted by Gasteiger charge is 2.18. The fourth-order valence-electron chi connectivity index (χ4n) is 3.21. The van der Waals surface area contributed by atoms with Gasteiger partial charge in [-0.15, -0.1) is 0 Å². The molecule has 3 aromatic carbocycles. The Hall–Kier alpha value is -3.71. The molecule has 0 saturated heterocycles. The van der Waals surface area contributed by atoms with E-state index in [1.807, 2.05) is 42.5 Å². The van der Waals surface area contributed by atoms with Gasteiger partial charge in [-0.25, -0.2) is 4.98 Å². The number of nitro groups is 1. The second-order valence-corrected chi connectivity index (χ2v) is 6.58. The summed E-state index contributed by atoms with van der Waals surface area (Å²) in [4.78, 5) is 19.1. The zero-order chi connectivity index (χ0) is 19.3. The molecule has 0 fully saturated rings. The number of rotatable bonds is 3. The van der Waals surface area contributed by atoms with Crippen LogP contribution in [-0.4, -0.2) is 14.9 Å². The van der Waals surface area contributed by atoms with Crippen LogP contribution in [0.15, 0.2) is 65.1 Å². The third-order valence-corrected chi connectivity index (χ3v) is 4.66. The molecule has 0 saturated carbocycles. The number of fused-ring (bicyclic) bond motifs is 4. The maximum absolute atomic E-state index is 11.1. The maximum atomic E-state index is 11.1. The molecule has 7 nitrogen and oxygen atoms in total. The third-order valence-electron chi connectivity index (χ3n) is 4.49. The van der Waals surface area contributed by atoms with Gasteiger partial charge < -0.3 is 9.73 Å². The molecule has 0 radical (unpaired) electrons. The van der Waals surface area contributed by atoms with Gasteiger partial charge in [0.2, 0.25) is 5.28 Å². The summed E-state index contributed by atoms with van der Waals surface area (Å²) in [5.41, 5.74) is 2.03. The summed E-state index contributed by atoms with van der Waals surface area (Å²) in [5.74, 6) is 0.393. The van der Waals surface area contributed by atoms with Crippen LogP contribution in [0.1, 0.15) is 0 Å². The van der Waals surface area contributed by atoms with Crippen LogP contribution >= 0.6 is 11.6 Å². The SMILES string of the molecule is O=[N+]([O-])c1ccc2oc3c(Nc4ccc5ccccc5c4)nc(Cl)nc3c2c1. The smallest absolute Gasteiger partial charge is 0.270 e. The summed E-state index contributed by atoms with van der Waals surface area (Å²) in [6, 6.07) is 18.3. The van der Waals surface area contributed by atoms with Crippen molar-refractivity contribution in [3.05, 3.63) is 76.1 Å². The lowest BCUT2D eigenvalue weighted by molar-refractivity contribution is -0.384. The predicted octanol–water partition coefficient (Wildman–Crippen LogP) is 5.83. The van der Waals surface area contributed by atoms with Gasteiger partial charge in [0.15, 0.2) is 11.4 Å². The number of nitrogens with one attached hydrogen (secondary N) is 1. The molecule has 0 spiro atoms. The molecule has 0 bridgehead atoms. The number of hydrogen-bond donors (Lipinski definition) is 1. The number of aromatic nitrogens is 2. The first-order chi connectivity index (χ1) is 13.6. The van der Waals surface area contributed by atoms with Gasteiger partial charge in [-0.2, -0.15) is 4.98 Å². The molecule has 2 heterocycles. The predicted molar refractivity (Wildman–Crippen MR) is 108 cm³/mol. The van der Waals surface area contributed by atoms with E-state index in [4.69, 9.17) is 16.0 Å². The van der Waals surface area contributed by atoms with E-state index in [2.05, 4.69) is 15.3 Å². The molecular weight excluding hydrogens is 380 g/mol. The van der Waals surface area contributed by atoms with Crippen LogP contribution in [-0.2, 0) is 0 Å². The van der Waals surface area contributed by atoms with Gasteiger partial charge in [0, 0.05) is 17.8 Å². The second kappa shape index (κ2) is 6.17. The van der Waals surface area contributed by atoms with Crippen LogP contribution in [0.4, 0.5) is 17.2 Å². The van der Waals surface area contributed by atoms with Crippen LogP contribution in [0.3, 0.4) is 0 Å². The van der Waals surface area contributed by atoms with E-state index in [9.17, 15) is 10.1 Å². The molecule has 136 valence electrons. The summed E-state index contributed by atoms with van der Waals surface area (Å²) >= 11 is 6.11. The molecule has 0 aliphatic carbocycles. The topological polar surface area (TPSA) is 94.1 Å². The number of anilines is 2. The number of nitrogens with zero attached hydrogens (tertiary/aromatic N) is 3. The molecule has 28 heavy (non-hydrogen) atoms. The molecule has 8 heteroatoms. The van der Waals surface area contributed by atoms with Crippen molar-refractivity contribution in [2.24, 2.45) is 0 Å². The van der Waals surface area contributed by atoms with Crippen LogP contribution in [0.2, 0.25) is 5.28 Å². The van der Waals surface area contributed by atoms with Crippen LogP contribution in [0, 0.1) is 10.1 Å². The summed E-state index contributed by atoms with van der Waals surface area (Å²) in [6.07, 6.45) is 0. The van der Waals surface area contributed by atoms with Crippen LogP contribution in [0.5, 0.6) is 0 Å². The Morgan fingerprint density at radius 2 is 1.82 bits per heavy atom. The van der Waals surface area contributed by atoms with Gasteiger partial charge in [-0.3, -0.25) is 10.1 Å². The van der Waals surface area contributed by atoms with Crippen molar-refractivity contribution in [3.8, 4) is 0 Å². The Morgan fingerprint density at radius 1 is 1.00 bits per heavy atom. The number of furan rings is 1. The van der Waals surface area contributed by atoms with Crippen molar-refractivity contribution < 1.29 is 9.34 Å². The van der Waals surface area contributed by atoms with E-state index in [0.717, 1.165) is 16.5 Å². The monoisotopic (exact) mass is 390 g/mol. The standard InChI is InChI=1S/C20H11ClN4O3/c21-20-23-17-15-10-14(25(26)27)7-8-16(15)28-18(17)19(24-20)22-13-6-5-11-3-1-2-4-12(11)9-13/h1-10H,(H,22,23,24). The number of halogens is 1. The lowest BCUT2D eigenvalue weighted by Crippen LogP contribution is -1.96. The van der Waals surface area contributed by atoms with Crippen molar-refractivity contribution >= 4 is 61.6 Å². The van der Waals surface area contributed by atoms with Crippen LogP contribution in [0.25, 0.3) is 32.8 Å². The quantitative estimate of drug-likeness (QED) is 0.236. The first-order valence-electron chi connectivity index (χ1n) is 8.38. The van der Waals surface area contributed by atoms with Gasteiger partial charge in [0.25, 0.3) is 5.69 Å². The van der Waals surface area contributed by atoms with Crippen molar-refractivity contribution in [1.82, 2.24) is 9.97 Å². The lowest BCUT2D eigenvalue weighted by Gasteiger charge is -2.07. The van der Waals surface area contributed by atoms with E-state index < -0.39 is 4.92 Å². The molecular formula is C20H11ClN4O3. The van der Waals surface area contributed by atoms with E-state index in [0.29, 0.717) is 27.9 Å². The number of non-ortho nitro benzene ring substituents is 1. The molecule has 5 aromatic rings. The van der Waals surface area contributed by atoms with E-state index in [1.165, 1.54) is 12.1 Å². The molecule has 5 rings (SSSR count). The first-order valence-corrected chi connectivity index (χ1v) is 8.76. The first kappa shape index (κ1) is 16.5. The molecule has 0 aliphatic rings. The zero-order valence-electron chi connectivity index (χ0n) is 14.2. The molecule has 0 unspecified atom stereocenters. The van der Waals surface area contributed by atoms with Crippen LogP contribution < -0.4 is 5.32 Å². The largest absolute Gasteiger partial charge is 0.450 e. The minimum atomic E-state index is -0.463. The summed E-state index contributed by atoms with van der Waals surface area (Å²) < 4.78 is 5.86. The highest BCUT2D eigenvalue weighted by atomic mass is 35.5. The average molecular weight is 391 g/mol. The average Bonchev–Trinajstić information content (AvgIpc) is 3.06. The Bertz CT molecular complexity index is 1400. The van der Waals surface area contributed by atoms with E-state index >= 15 is 0 Å². The maximum Gasteiger partial charge on any atom is 0.270 e. The van der Waals surface area contributed by atoms with Gasteiger partial charge in [-0.05, 0) is 40.6 Å². The molecule has 2 aromatic heterocycles. The van der Waals surface area contributed by atoms with Gasteiger partial charge >= 0.3 is 0 Å². The van der Waals surface area contributed by atoms with Gasteiger partial charge in [0.1, 0.15) is 11.1 Å². The van der Waals surface area contributed by atoms with Gasteiger partial charge in [-0.1, -0.05) is 30.3 Å². The minimum absolute atomic E-state index is 0.0185. The van der Waals surface area contributed by atoms with Crippen molar-refractivity contribution in [1.29, 1.82) is 0 Å². The van der Waals surface area contributed by atoms with Crippen molar-refractivity contribution in [2.75, 3.05) is 5.32 Å². The van der Waals surface area contributed by atoms with E-state index in [1.54, 1.807) is 6.07 Å². The molecule has 0 aliphatic heterocycles. The molecule has 1 N–H and O–H groups in total. The minimum Gasteiger partial charge on any atom is -0.450 e. The Balaban J connectivity index is 1.67. The summed E-state index contributed by atoms with van der Waals surface area (Å²) in [6.45, 7) is 0. The zero-order valence-corrected chi connectivity index (χ0v) is 15.0. The number of benzene rings is 3. The van der Waals surface area contributed by atoms with Crippen molar-refractivity contribution in [2.45, 2.75) is 0 Å². The van der Waals surface area contributed by atoms with Crippen molar-refractivity contribution in [3.63, 3.8) is 0 Å².